The van der Waals surface area contributed by atoms with Crippen molar-refractivity contribution in [3.8, 4) is 5.88 Å². The second-order valence-corrected chi connectivity index (χ2v) is 8.35. The van der Waals surface area contributed by atoms with Gasteiger partial charge in [-0.2, -0.15) is 0 Å². The van der Waals surface area contributed by atoms with Gasteiger partial charge in [-0.05, 0) is 23.6 Å². The Balaban J connectivity index is 1.43. The van der Waals surface area contributed by atoms with Crippen LogP contribution in [0.25, 0.3) is 10.9 Å². The normalized spacial score (nSPS) is 17.9. The highest BCUT2D eigenvalue weighted by Gasteiger charge is 2.41. The van der Waals surface area contributed by atoms with Crippen molar-refractivity contribution in [1.82, 2.24) is 9.88 Å². The molecule has 34 heavy (non-hydrogen) atoms. The number of azo groups is 1. The van der Waals surface area contributed by atoms with Crippen molar-refractivity contribution in [1.29, 1.82) is 0 Å². The number of fused-ring (bicyclic) bond motifs is 1. The van der Waals surface area contributed by atoms with Gasteiger partial charge in [-0.25, -0.2) is 0 Å². The number of hydrogen-bond donors (Lipinski definition) is 2. The quantitative estimate of drug-likeness (QED) is 0.327. The zero-order chi connectivity index (χ0) is 23.5. The lowest BCUT2D eigenvalue weighted by Gasteiger charge is -2.13. The summed E-state index contributed by atoms with van der Waals surface area (Å²) < 4.78 is 1.77. The van der Waals surface area contributed by atoms with Gasteiger partial charge >= 0.3 is 0 Å². The summed E-state index contributed by atoms with van der Waals surface area (Å²) in [7, 11) is 0. The molecule has 2 amide bonds. The van der Waals surface area contributed by atoms with E-state index in [1.807, 2.05) is 84.9 Å². The lowest BCUT2D eigenvalue weighted by atomic mass is 9.88. The van der Waals surface area contributed by atoms with E-state index < -0.39 is 11.8 Å². The van der Waals surface area contributed by atoms with Crippen LogP contribution in [0.1, 0.15) is 17.0 Å². The standard InChI is InChI=1S/C27H24N4O3/c32-25-23(21(17-28-25)19-11-5-2-6-12-19)26(33)30-29-24-20-13-7-8-14-22(20)31(27(24)34)16-15-18-9-3-1-4-10-18/h1-14,21,23,34H,15-17H2,(H,28,32). The van der Waals surface area contributed by atoms with Gasteiger partial charge in [0.05, 0.1) is 5.52 Å². The zero-order valence-electron chi connectivity index (χ0n) is 18.5. The second kappa shape index (κ2) is 9.31. The molecule has 1 fully saturated rings. The van der Waals surface area contributed by atoms with Crippen molar-refractivity contribution in [3.05, 3.63) is 96.1 Å². The van der Waals surface area contributed by atoms with E-state index in [0.717, 1.165) is 23.1 Å². The molecule has 1 saturated heterocycles. The van der Waals surface area contributed by atoms with Crippen LogP contribution in [0, 0.1) is 5.92 Å². The van der Waals surface area contributed by atoms with Crippen molar-refractivity contribution in [2.24, 2.45) is 16.1 Å². The second-order valence-electron chi connectivity index (χ2n) is 8.35. The minimum absolute atomic E-state index is 0.0517. The maximum absolute atomic E-state index is 13.0. The van der Waals surface area contributed by atoms with E-state index in [1.54, 1.807) is 4.57 Å². The van der Waals surface area contributed by atoms with Crippen LogP contribution in [0.2, 0.25) is 0 Å². The van der Waals surface area contributed by atoms with Crippen molar-refractivity contribution in [2.45, 2.75) is 18.9 Å². The third-order valence-electron chi connectivity index (χ3n) is 6.31. The van der Waals surface area contributed by atoms with Crippen molar-refractivity contribution < 1.29 is 14.7 Å². The fourth-order valence-electron chi connectivity index (χ4n) is 4.56. The highest BCUT2D eigenvalue weighted by atomic mass is 16.3. The largest absolute Gasteiger partial charge is 0.493 e. The number of carbonyl (C=O) groups excluding carboxylic acids is 2. The Hall–Kier alpha value is -4.26. The van der Waals surface area contributed by atoms with Gasteiger partial charge in [-0.1, -0.05) is 78.9 Å². The Morgan fingerprint density at radius 2 is 1.65 bits per heavy atom. The van der Waals surface area contributed by atoms with Crippen molar-refractivity contribution in [3.63, 3.8) is 0 Å². The smallest absolute Gasteiger partial charge is 0.277 e. The SMILES string of the molecule is O=C(N=Nc1c(O)n(CCc2ccccc2)c2ccccc12)C1C(=O)NCC1c1ccccc1. The molecule has 1 aromatic heterocycles. The van der Waals surface area contributed by atoms with E-state index in [1.165, 1.54) is 0 Å². The van der Waals surface area contributed by atoms with Crippen LogP contribution in [0.15, 0.2) is 95.2 Å². The van der Waals surface area contributed by atoms with E-state index in [-0.39, 0.29) is 23.4 Å². The Morgan fingerprint density at radius 1 is 0.971 bits per heavy atom. The third-order valence-corrected chi connectivity index (χ3v) is 6.31. The van der Waals surface area contributed by atoms with Gasteiger partial charge < -0.3 is 15.0 Å². The molecule has 2 unspecified atom stereocenters. The number of carbonyl (C=O) groups is 2. The molecule has 2 heterocycles. The Morgan fingerprint density at radius 3 is 2.41 bits per heavy atom. The molecule has 2 N–H and O–H groups in total. The summed E-state index contributed by atoms with van der Waals surface area (Å²) in [5.74, 6) is -2.28. The molecule has 170 valence electrons. The summed E-state index contributed by atoms with van der Waals surface area (Å²) in [6, 6.07) is 26.9. The molecular formula is C27H24N4O3. The van der Waals surface area contributed by atoms with Gasteiger partial charge in [0.2, 0.25) is 11.8 Å². The topological polar surface area (TPSA) is 96.0 Å². The number of nitrogens with zero attached hydrogens (tertiary/aromatic N) is 3. The molecule has 0 aliphatic carbocycles. The third kappa shape index (κ3) is 4.08. The molecule has 0 radical (unpaired) electrons. The highest BCUT2D eigenvalue weighted by molar-refractivity contribution is 6.03. The summed E-state index contributed by atoms with van der Waals surface area (Å²) in [6.07, 6.45) is 0.726. The first-order valence-corrected chi connectivity index (χ1v) is 11.3. The first-order chi connectivity index (χ1) is 16.6. The van der Waals surface area contributed by atoms with Crippen LogP contribution >= 0.6 is 0 Å². The summed E-state index contributed by atoms with van der Waals surface area (Å²) in [6.45, 7) is 0.916. The lowest BCUT2D eigenvalue weighted by molar-refractivity contribution is -0.131. The monoisotopic (exact) mass is 452 g/mol. The zero-order valence-corrected chi connectivity index (χ0v) is 18.5. The Bertz CT molecular complexity index is 1360. The Labute approximate surface area is 196 Å². The number of aromatic nitrogens is 1. The van der Waals surface area contributed by atoms with E-state index in [9.17, 15) is 14.7 Å². The molecule has 7 nitrogen and oxygen atoms in total. The molecule has 0 spiro atoms. The van der Waals surface area contributed by atoms with E-state index in [0.29, 0.717) is 18.5 Å². The number of rotatable bonds is 6. The molecule has 1 aliphatic heterocycles. The highest BCUT2D eigenvalue weighted by Crippen LogP contribution is 2.39. The number of aryl methyl sites for hydroxylation is 2. The fourth-order valence-corrected chi connectivity index (χ4v) is 4.56. The minimum atomic E-state index is -0.945. The van der Waals surface area contributed by atoms with Crippen molar-refractivity contribution in [2.75, 3.05) is 6.54 Å². The predicted octanol–water partition coefficient (Wildman–Crippen LogP) is 4.73. The summed E-state index contributed by atoms with van der Waals surface area (Å²) in [4.78, 5) is 25.4. The summed E-state index contributed by atoms with van der Waals surface area (Å²) >= 11 is 0. The van der Waals surface area contributed by atoms with E-state index in [2.05, 4.69) is 15.5 Å². The molecule has 4 aromatic rings. The van der Waals surface area contributed by atoms with Gasteiger partial charge in [0, 0.05) is 24.4 Å². The average Bonchev–Trinajstić information content (AvgIpc) is 3.39. The van der Waals surface area contributed by atoms with Crippen molar-refractivity contribution >= 4 is 28.4 Å². The van der Waals surface area contributed by atoms with Gasteiger partial charge in [0.1, 0.15) is 5.92 Å². The van der Waals surface area contributed by atoms with Crippen LogP contribution in [-0.2, 0) is 22.6 Å². The van der Waals surface area contributed by atoms with Gasteiger partial charge in [-0.3, -0.25) is 9.59 Å². The minimum Gasteiger partial charge on any atom is -0.493 e. The average molecular weight is 453 g/mol. The molecule has 0 bridgehead atoms. The number of amides is 2. The van der Waals surface area contributed by atoms with Crippen LogP contribution in [0.3, 0.4) is 0 Å². The number of aromatic hydroxyl groups is 1. The molecule has 3 aromatic carbocycles. The molecular weight excluding hydrogens is 428 g/mol. The number of hydrogen-bond acceptors (Lipinski definition) is 4. The molecule has 0 saturated carbocycles. The molecule has 5 rings (SSSR count). The fraction of sp³-hybridized carbons (Fsp3) is 0.185. The Kier molecular flexibility index (Phi) is 5.91. The van der Waals surface area contributed by atoms with Gasteiger partial charge in [0.25, 0.3) is 5.91 Å². The van der Waals surface area contributed by atoms with E-state index in [4.69, 9.17) is 0 Å². The van der Waals surface area contributed by atoms with Crippen LogP contribution in [0.4, 0.5) is 5.69 Å². The first kappa shape index (κ1) is 21.6. The molecule has 1 aliphatic rings. The van der Waals surface area contributed by atoms with Crippen LogP contribution < -0.4 is 5.32 Å². The molecule has 2 atom stereocenters. The summed E-state index contributed by atoms with van der Waals surface area (Å²) in [5.41, 5.74) is 3.08. The summed E-state index contributed by atoms with van der Waals surface area (Å²) in [5, 5.41) is 22.5. The van der Waals surface area contributed by atoms with Gasteiger partial charge in [-0.15, -0.1) is 10.2 Å². The van der Waals surface area contributed by atoms with E-state index >= 15 is 0 Å². The lowest BCUT2D eigenvalue weighted by Crippen LogP contribution is -2.25. The number of nitrogens with one attached hydrogen (secondary N) is 1. The maximum atomic E-state index is 13.0. The maximum Gasteiger partial charge on any atom is 0.277 e. The molecule has 7 heteroatoms. The predicted molar refractivity (Wildman–Crippen MR) is 129 cm³/mol. The number of para-hydroxylation sites is 1. The first-order valence-electron chi connectivity index (χ1n) is 11.3. The number of benzene rings is 3. The van der Waals surface area contributed by atoms with Crippen LogP contribution in [-0.4, -0.2) is 28.0 Å². The van der Waals surface area contributed by atoms with Gasteiger partial charge in [0.15, 0.2) is 5.69 Å². The van der Waals surface area contributed by atoms with Crippen LogP contribution in [0.5, 0.6) is 5.88 Å².